The van der Waals surface area contributed by atoms with Crippen LogP contribution in [0.25, 0.3) is 0 Å². The molecule has 0 unspecified atom stereocenters. The average Bonchev–Trinajstić information content (AvgIpc) is 3.01. The minimum Gasteiger partial charge on any atom is -0.496 e. The monoisotopic (exact) mass is 328 g/mol. The Balaban J connectivity index is 1.59. The van der Waals surface area contributed by atoms with E-state index in [1.165, 1.54) is 49.0 Å². The van der Waals surface area contributed by atoms with E-state index in [-0.39, 0.29) is 0 Å². The van der Waals surface area contributed by atoms with Gasteiger partial charge in [-0.3, -0.25) is 9.58 Å². The van der Waals surface area contributed by atoms with Gasteiger partial charge in [0.1, 0.15) is 5.75 Å². The molecule has 5 nitrogen and oxygen atoms in total. The molecule has 1 N–H and O–H groups in total. The predicted octanol–water partition coefficient (Wildman–Crippen LogP) is 2.70. The summed E-state index contributed by atoms with van der Waals surface area (Å²) in [4.78, 5) is 2.54. The third kappa shape index (κ3) is 4.58. The van der Waals surface area contributed by atoms with Gasteiger partial charge in [0.05, 0.1) is 13.3 Å². The molecule has 1 saturated heterocycles. The van der Waals surface area contributed by atoms with Crippen molar-refractivity contribution in [3.63, 3.8) is 0 Å². The van der Waals surface area contributed by atoms with Crippen molar-refractivity contribution in [1.29, 1.82) is 0 Å². The average molecular weight is 328 g/mol. The molecule has 0 saturated carbocycles. The summed E-state index contributed by atoms with van der Waals surface area (Å²) in [5.74, 6) is 0.997. The highest BCUT2D eigenvalue weighted by molar-refractivity contribution is 5.37. The number of aryl methyl sites for hydroxylation is 1. The Morgan fingerprint density at radius 3 is 2.62 bits per heavy atom. The second-order valence-electron chi connectivity index (χ2n) is 6.61. The van der Waals surface area contributed by atoms with Crippen LogP contribution in [0.5, 0.6) is 5.75 Å². The van der Waals surface area contributed by atoms with Crippen LogP contribution in [0.1, 0.15) is 36.0 Å². The van der Waals surface area contributed by atoms with Crippen LogP contribution in [0.15, 0.2) is 30.6 Å². The second-order valence-corrected chi connectivity index (χ2v) is 6.61. The first kappa shape index (κ1) is 17.0. The molecule has 1 fully saturated rings. The fraction of sp³-hybridized carbons (Fsp3) is 0.526. The van der Waals surface area contributed by atoms with Crippen molar-refractivity contribution >= 4 is 0 Å². The maximum Gasteiger partial charge on any atom is 0.123 e. The van der Waals surface area contributed by atoms with Gasteiger partial charge in [-0.2, -0.15) is 5.10 Å². The van der Waals surface area contributed by atoms with E-state index in [1.54, 1.807) is 7.11 Å². The summed E-state index contributed by atoms with van der Waals surface area (Å²) >= 11 is 0. The van der Waals surface area contributed by atoms with Gasteiger partial charge in [0.2, 0.25) is 0 Å². The van der Waals surface area contributed by atoms with Crippen LogP contribution in [-0.2, 0) is 26.7 Å². The van der Waals surface area contributed by atoms with E-state index in [9.17, 15) is 0 Å². The summed E-state index contributed by atoms with van der Waals surface area (Å²) < 4.78 is 7.39. The molecule has 2 heterocycles. The topological polar surface area (TPSA) is 42.3 Å². The summed E-state index contributed by atoms with van der Waals surface area (Å²) in [6.45, 7) is 5.08. The van der Waals surface area contributed by atoms with E-state index in [0.717, 1.165) is 25.4 Å². The Morgan fingerprint density at radius 2 is 1.92 bits per heavy atom. The molecule has 24 heavy (non-hydrogen) atoms. The lowest BCUT2D eigenvalue weighted by atomic mass is 10.1. The first-order valence-electron chi connectivity index (χ1n) is 8.81. The van der Waals surface area contributed by atoms with Crippen LogP contribution in [-0.4, -0.2) is 34.9 Å². The molecule has 0 aliphatic carbocycles. The van der Waals surface area contributed by atoms with Crippen molar-refractivity contribution < 1.29 is 4.74 Å². The van der Waals surface area contributed by atoms with Gasteiger partial charge in [-0.05, 0) is 43.6 Å². The van der Waals surface area contributed by atoms with Gasteiger partial charge in [-0.15, -0.1) is 0 Å². The van der Waals surface area contributed by atoms with E-state index in [4.69, 9.17) is 4.74 Å². The molecule has 0 bridgehead atoms. The number of hydrogen-bond acceptors (Lipinski definition) is 4. The van der Waals surface area contributed by atoms with Crippen molar-refractivity contribution in [2.45, 2.75) is 38.9 Å². The molecule has 0 amide bonds. The number of nitrogens with one attached hydrogen (secondary N) is 1. The predicted molar refractivity (Wildman–Crippen MR) is 95.9 cm³/mol. The molecule has 2 aromatic rings. The molecular weight excluding hydrogens is 300 g/mol. The third-order valence-electron chi connectivity index (χ3n) is 4.60. The highest BCUT2D eigenvalue weighted by atomic mass is 16.5. The molecule has 0 radical (unpaired) electrons. The highest BCUT2D eigenvalue weighted by Gasteiger charge is 2.13. The number of likely N-dealkylation sites (tertiary alicyclic amines) is 1. The zero-order valence-corrected chi connectivity index (χ0v) is 14.8. The van der Waals surface area contributed by atoms with Crippen LogP contribution in [0.3, 0.4) is 0 Å². The standard InChI is InChI=1S/C19H28N4O/c1-22-14-17(13-21-22)12-20-11-16-6-7-19(24-2)18(10-16)15-23-8-4-3-5-9-23/h6-7,10,13-14,20H,3-5,8-9,11-12,15H2,1-2H3. The van der Waals surface area contributed by atoms with Crippen LogP contribution in [0.2, 0.25) is 0 Å². The summed E-state index contributed by atoms with van der Waals surface area (Å²) in [5, 5.41) is 7.69. The quantitative estimate of drug-likeness (QED) is 0.848. The fourth-order valence-corrected chi connectivity index (χ4v) is 3.34. The summed E-state index contributed by atoms with van der Waals surface area (Å²) in [6.07, 6.45) is 7.95. The maximum absolute atomic E-state index is 5.56. The van der Waals surface area contributed by atoms with E-state index >= 15 is 0 Å². The van der Waals surface area contributed by atoms with Gasteiger partial charge >= 0.3 is 0 Å². The smallest absolute Gasteiger partial charge is 0.123 e. The van der Waals surface area contributed by atoms with Crippen LogP contribution in [0.4, 0.5) is 0 Å². The number of benzene rings is 1. The van der Waals surface area contributed by atoms with Crippen molar-refractivity contribution in [3.8, 4) is 5.75 Å². The lowest BCUT2D eigenvalue weighted by Crippen LogP contribution is -2.29. The number of ether oxygens (including phenoxy) is 1. The molecule has 1 aromatic heterocycles. The van der Waals surface area contributed by atoms with E-state index < -0.39 is 0 Å². The first-order valence-corrected chi connectivity index (χ1v) is 8.81. The Hall–Kier alpha value is -1.85. The third-order valence-corrected chi connectivity index (χ3v) is 4.60. The lowest BCUT2D eigenvalue weighted by Gasteiger charge is -2.27. The van der Waals surface area contributed by atoms with Crippen molar-refractivity contribution in [2.75, 3.05) is 20.2 Å². The van der Waals surface area contributed by atoms with Gasteiger partial charge in [0.15, 0.2) is 0 Å². The van der Waals surface area contributed by atoms with Crippen LogP contribution >= 0.6 is 0 Å². The van der Waals surface area contributed by atoms with Crippen LogP contribution < -0.4 is 10.1 Å². The molecule has 3 rings (SSSR count). The summed E-state index contributed by atoms with van der Waals surface area (Å²) in [7, 11) is 3.70. The molecule has 0 atom stereocenters. The van der Waals surface area contributed by atoms with Gasteiger partial charge < -0.3 is 10.1 Å². The Kier molecular flexibility index (Phi) is 5.88. The normalized spacial score (nSPS) is 15.6. The van der Waals surface area contributed by atoms with E-state index in [1.807, 2.05) is 24.1 Å². The number of aromatic nitrogens is 2. The van der Waals surface area contributed by atoms with Crippen molar-refractivity contribution in [1.82, 2.24) is 20.0 Å². The maximum atomic E-state index is 5.56. The number of hydrogen-bond donors (Lipinski definition) is 1. The van der Waals surface area contributed by atoms with E-state index in [0.29, 0.717) is 0 Å². The number of nitrogens with zero attached hydrogens (tertiary/aromatic N) is 3. The number of methoxy groups -OCH3 is 1. The highest BCUT2D eigenvalue weighted by Crippen LogP contribution is 2.23. The summed E-state index contributed by atoms with van der Waals surface area (Å²) in [6, 6.07) is 6.53. The Morgan fingerprint density at radius 1 is 1.12 bits per heavy atom. The molecule has 0 spiro atoms. The SMILES string of the molecule is COc1ccc(CNCc2cnn(C)c2)cc1CN1CCCCC1. The minimum absolute atomic E-state index is 0.835. The fourth-order valence-electron chi connectivity index (χ4n) is 3.34. The Labute approximate surface area is 144 Å². The molecular formula is C19H28N4O. The molecule has 1 aliphatic heterocycles. The van der Waals surface area contributed by atoms with Gasteiger partial charge in [0.25, 0.3) is 0 Å². The first-order chi connectivity index (χ1) is 11.7. The number of piperidine rings is 1. The second kappa shape index (κ2) is 8.31. The lowest BCUT2D eigenvalue weighted by molar-refractivity contribution is 0.218. The van der Waals surface area contributed by atoms with Gasteiger partial charge in [-0.1, -0.05) is 12.5 Å². The zero-order chi connectivity index (χ0) is 16.8. The summed E-state index contributed by atoms with van der Waals surface area (Å²) in [5.41, 5.74) is 3.80. The minimum atomic E-state index is 0.835. The largest absolute Gasteiger partial charge is 0.496 e. The molecule has 130 valence electrons. The van der Waals surface area contributed by atoms with Gasteiger partial charge in [-0.25, -0.2) is 0 Å². The molecule has 1 aromatic carbocycles. The van der Waals surface area contributed by atoms with E-state index in [2.05, 4.69) is 33.5 Å². The van der Waals surface area contributed by atoms with Crippen molar-refractivity contribution in [3.05, 3.63) is 47.3 Å². The molecule has 5 heteroatoms. The zero-order valence-electron chi connectivity index (χ0n) is 14.8. The molecule has 1 aliphatic rings. The Bertz CT molecular complexity index is 647. The van der Waals surface area contributed by atoms with Crippen LogP contribution in [0, 0.1) is 0 Å². The van der Waals surface area contributed by atoms with Crippen molar-refractivity contribution in [2.24, 2.45) is 7.05 Å². The van der Waals surface area contributed by atoms with Gasteiger partial charge in [0, 0.05) is 44.0 Å². The number of rotatable bonds is 7.